The summed E-state index contributed by atoms with van der Waals surface area (Å²) in [5.74, 6) is -1.95. The van der Waals surface area contributed by atoms with Crippen molar-refractivity contribution in [1.29, 1.82) is 0 Å². The van der Waals surface area contributed by atoms with Crippen molar-refractivity contribution in [2.24, 2.45) is 0 Å². The molecule has 0 fully saturated rings. The normalized spacial score (nSPS) is 10.6. The molecule has 1 heterocycles. The largest absolute Gasteiger partial charge is 0.480 e. The lowest BCUT2D eigenvalue weighted by molar-refractivity contribution is -0.137. The van der Waals surface area contributed by atoms with E-state index in [1.54, 1.807) is 25.1 Å². The number of hydrogen-bond acceptors (Lipinski definition) is 3. The van der Waals surface area contributed by atoms with Crippen molar-refractivity contribution in [1.82, 2.24) is 14.7 Å². The number of carbonyl (C=O) groups is 2. The predicted octanol–water partition coefficient (Wildman–Crippen LogP) is 2.26. The van der Waals surface area contributed by atoms with Crippen LogP contribution in [0.15, 0.2) is 30.5 Å². The lowest BCUT2D eigenvalue weighted by Crippen LogP contribution is -2.36. The Bertz CT molecular complexity index is 727. The summed E-state index contributed by atoms with van der Waals surface area (Å²) in [6.07, 6.45) is 1.98. The zero-order valence-corrected chi connectivity index (χ0v) is 13.0. The molecule has 0 atom stereocenters. The number of hydrogen-bond donors (Lipinski definition) is 1. The third-order valence-electron chi connectivity index (χ3n) is 3.43. The summed E-state index contributed by atoms with van der Waals surface area (Å²) < 4.78 is 15.2. The van der Waals surface area contributed by atoms with Gasteiger partial charge in [0, 0.05) is 6.54 Å². The fraction of sp³-hybridized carbons (Fsp3) is 0.312. The lowest BCUT2D eigenvalue weighted by Gasteiger charge is -2.19. The van der Waals surface area contributed by atoms with E-state index in [9.17, 15) is 14.0 Å². The van der Waals surface area contributed by atoms with Crippen molar-refractivity contribution in [2.75, 3.05) is 13.1 Å². The maximum atomic E-state index is 13.9. The van der Waals surface area contributed by atoms with E-state index < -0.39 is 17.7 Å². The quantitative estimate of drug-likeness (QED) is 0.886. The Morgan fingerprint density at radius 3 is 2.65 bits per heavy atom. The van der Waals surface area contributed by atoms with Gasteiger partial charge >= 0.3 is 5.97 Å². The molecule has 2 aromatic rings. The van der Waals surface area contributed by atoms with E-state index in [0.717, 1.165) is 0 Å². The topological polar surface area (TPSA) is 75.4 Å². The molecule has 0 unspecified atom stereocenters. The number of amides is 1. The van der Waals surface area contributed by atoms with Crippen molar-refractivity contribution in [2.45, 2.75) is 20.3 Å². The summed E-state index contributed by atoms with van der Waals surface area (Å²) in [6, 6.07) is 6.12. The molecule has 1 aromatic heterocycles. The molecule has 7 heteroatoms. The smallest absolute Gasteiger partial charge is 0.323 e. The van der Waals surface area contributed by atoms with Gasteiger partial charge < -0.3 is 10.0 Å². The van der Waals surface area contributed by atoms with E-state index in [0.29, 0.717) is 18.7 Å². The Morgan fingerprint density at radius 2 is 2.04 bits per heavy atom. The molecule has 0 aliphatic heterocycles. The molecule has 0 saturated heterocycles. The fourth-order valence-electron chi connectivity index (χ4n) is 2.34. The Morgan fingerprint density at radius 1 is 1.35 bits per heavy atom. The molecule has 1 N–H and O–H groups in total. The first kappa shape index (κ1) is 16.7. The maximum absolute atomic E-state index is 13.9. The fourth-order valence-corrected chi connectivity index (χ4v) is 2.34. The molecule has 1 amide bonds. The highest BCUT2D eigenvalue weighted by Gasteiger charge is 2.23. The van der Waals surface area contributed by atoms with Gasteiger partial charge in [-0.3, -0.25) is 9.59 Å². The van der Waals surface area contributed by atoms with Gasteiger partial charge in [0.2, 0.25) is 0 Å². The maximum Gasteiger partial charge on any atom is 0.323 e. The van der Waals surface area contributed by atoms with Crippen LogP contribution in [-0.2, 0) is 4.79 Å². The number of halogens is 1. The molecule has 0 aliphatic rings. The number of aromatic nitrogens is 2. The number of carboxylic acid groups (broad SMARTS) is 1. The van der Waals surface area contributed by atoms with Crippen LogP contribution in [0.2, 0.25) is 0 Å². The first-order chi connectivity index (χ1) is 11.0. The number of aliphatic carboxylic acids is 1. The Kier molecular flexibility index (Phi) is 5.10. The standard InChI is InChI=1S/C16H18FN3O3/c1-3-8-19(10-15(21)22)16(23)12-9-18-20(11(12)2)14-7-5-4-6-13(14)17/h4-7,9H,3,8,10H2,1-2H3,(H,21,22). The van der Waals surface area contributed by atoms with Crippen molar-refractivity contribution in [3.63, 3.8) is 0 Å². The minimum atomic E-state index is -1.08. The molecule has 23 heavy (non-hydrogen) atoms. The minimum absolute atomic E-state index is 0.240. The molecule has 0 saturated carbocycles. The van der Waals surface area contributed by atoms with Crippen LogP contribution in [0.25, 0.3) is 5.69 Å². The van der Waals surface area contributed by atoms with Gasteiger partial charge in [-0.25, -0.2) is 9.07 Å². The minimum Gasteiger partial charge on any atom is -0.480 e. The summed E-state index contributed by atoms with van der Waals surface area (Å²) in [7, 11) is 0. The number of nitrogens with zero attached hydrogens (tertiary/aromatic N) is 3. The highest BCUT2D eigenvalue weighted by molar-refractivity contribution is 5.96. The van der Waals surface area contributed by atoms with Gasteiger partial charge in [0.05, 0.1) is 17.5 Å². The van der Waals surface area contributed by atoms with Crippen LogP contribution in [0, 0.1) is 12.7 Å². The number of benzene rings is 1. The number of carbonyl (C=O) groups excluding carboxylic acids is 1. The van der Waals surface area contributed by atoms with Gasteiger partial charge in [-0.1, -0.05) is 19.1 Å². The van der Waals surface area contributed by atoms with Crippen LogP contribution in [0.5, 0.6) is 0 Å². The summed E-state index contributed by atoms with van der Waals surface area (Å²) in [4.78, 5) is 24.7. The van der Waals surface area contributed by atoms with Crippen LogP contribution in [-0.4, -0.2) is 44.8 Å². The zero-order chi connectivity index (χ0) is 17.0. The molecule has 0 bridgehead atoms. The van der Waals surface area contributed by atoms with Gasteiger partial charge in [-0.05, 0) is 25.5 Å². The van der Waals surface area contributed by atoms with Crippen LogP contribution in [0.1, 0.15) is 29.4 Å². The number of para-hydroxylation sites is 1. The van der Waals surface area contributed by atoms with Gasteiger partial charge in [0.15, 0.2) is 0 Å². The van der Waals surface area contributed by atoms with Crippen molar-refractivity contribution >= 4 is 11.9 Å². The lowest BCUT2D eigenvalue weighted by atomic mass is 10.2. The van der Waals surface area contributed by atoms with Crippen LogP contribution in [0.3, 0.4) is 0 Å². The van der Waals surface area contributed by atoms with E-state index >= 15 is 0 Å². The highest BCUT2D eigenvalue weighted by Crippen LogP contribution is 2.18. The summed E-state index contributed by atoms with van der Waals surface area (Å²) in [5, 5.41) is 13.0. The van der Waals surface area contributed by atoms with Crippen molar-refractivity contribution in [3.8, 4) is 5.69 Å². The van der Waals surface area contributed by atoms with Gasteiger partial charge in [-0.2, -0.15) is 5.10 Å². The molecule has 0 spiro atoms. The molecular formula is C16H18FN3O3. The summed E-state index contributed by atoms with van der Waals surface area (Å²) >= 11 is 0. The Labute approximate surface area is 133 Å². The first-order valence-electron chi connectivity index (χ1n) is 7.26. The van der Waals surface area contributed by atoms with Crippen molar-refractivity contribution < 1.29 is 19.1 Å². The molecular weight excluding hydrogens is 301 g/mol. The van der Waals surface area contributed by atoms with E-state index in [4.69, 9.17) is 5.11 Å². The Hall–Kier alpha value is -2.70. The van der Waals surface area contributed by atoms with Gasteiger partial charge in [0.25, 0.3) is 5.91 Å². The number of rotatable bonds is 6. The summed E-state index contributed by atoms with van der Waals surface area (Å²) in [6.45, 7) is 3.46. The second-order valence-electron chi connectivity index (χ2n) is 5.13. The first-order valence-corrected chi connectivity index (χ1v) is 7.26. The molecule has 2 rings (SSSR count). The molecule has 0 aliphatic carbocycles. The Balaban J connectivity index is 2.36. The monoisotopic (exact) mass is 319 g/mol. The zero-order valence-electron chi connectivity index (χ0n) is 13.0. The van der Waals surface area contributed by atoms with E-state index in [-0.39, 0.29) is 17.8 Å². The molecule has 6 nitrogen and oxygen atoms in total. The van der Waals surface area contributed by atoms with Gasteiger partial charge in [0.1, 0.15) is 18.0 Å². The van der Waals surface area contributed by atoms with Crippen LogP contribution >= 0.6 is 0 Å². The van der Waals surface area contributed by atoms with Gasteiger partial charge in [-0.15, -0.1) is 0 Å². The second-order valence-corrected chi connectivity index (χ2v) is 5.13. The molecule has 0 radical (unpaired) electrons. The van der Waals surface area contributed by atoms with E-state index in [2.05, 4.69) is 5.10 Å². The van der Waals surface area contributed by atoms with Crippen LogP contribution in [0.4, 0.5) is 4.39 Å². The van der Waals surface area contributed by atoms with Crippen LogP contribution < -0.4 is 0 Å². The average molecular weight is 319 g/mol. The SMILES string of the molecule is CCCN(CC(=O)O)C(=O)c1cnn(-c2ccccc2F)c1C. The molecule has 1 aromatic carbocycles. The third-order valence-corrected chi connectivity index (χ3v) is 3.43. The number of carboxylic acids is 1. The summed E-state index contributed by atoms with van der Waals surface area (Å²) in [5.41, 5.74) is 0.971. The third kappa shape index (κ3) is 3.56. The highest BCUT2D eigenvalue weighted by atomic mass is 19.1. The average Bonchev–Trinajstić information content (AvgIpc) is 2.88. The van der Waals surface area contributed by atoms with Crippen molar-refractivity contribution in [3.05, 3.63) is 47.5 Å². The second kappa shape index (κ2) is 7.04. The molecule has 122 valence electrons. The van der Waals surface area contributed by atoms with E-state index in [1.807, 2.05) is 6.92 Å². The predicted molar refractivity (Wildman–Crippen MR) is 82.1 cm³/mol. The van der Waals surface area contributed by atoms with E-state index in [1.165, 1.54) is 21.8 Å².